The number of allylic oxidation sites excluding steroid dienone is 1. The molecule has 2 bridgehead atoms. The first kappa shape index (κ1) is 50.9. The van der Waals surface area contributed by atoms with Crippen molar-refractivity contribution in [2.75, 3.05) is 33.0 Å². The van der Waals surface area contributed by atoms with Gasteiger partial charge in [-0.3, -0.25) is 4.55 Å². The Labute approximate surface area is 392 Å². The van der Waals surface area contributed by atoms with Crippen molar-refractivity contribution in [1.82, 2.24) is 0 Å². The van der Waals surface area contributed by atoms with Crippen molar-refractivity contribution >= 4 is 10.4 Å². The number of hydrogen-bond acceptors (Lipinski definition) is 19. The molecule has 20 nitrogen and oxygen atoms in total. The minimum absolute atomic E-state index is 0.0767. The first-order valence-electron chi connectivity index (χ1n) is 24.1. The lowest BCUT2D eigenvalue weighted by Crippen LogP contribution is -2.68. The number of rotatable bonds is 10. The van der Waals surface area contributed by atoms with E-state index in [1.807, 2.05) is 6.92 Å². The molecular formula is C46H74O20S. The predicted octanol–water partition coefficient (Wildman–Crippen LogP) is 0.290. The highest BCUT2D eigenvalue weighted by Gasteiger charge is 2.81. The molecule has 0 aromatic carbocycles. The molecule has 9 rings (SSSR count). The number of ether oxygens (including phenoxy) is 8. The highest BCUT2D eigenvalue weighted by molar-refractivity contribution is 7.80. The summed E-state index contributed by atoms with van der Waals surface area (Å²) in [6.07, 6.45) is -14.1. The number of fused-ring (bicyclic) bond motifs is 4. The van der Waals surface area contributed by atoms with Crippen molar-refractivity contribution in [3.05, 3.63) is 11.6 Å². The third kappa shape index (κ3) is 8.13. The Morgan fingerprint density at radius 2 is 1.39 bits per heavy atom. The molecule has 5 heterocycles. The summed E-state index contributed by atoms with van der Waals surface area (Å²) in [5, 5.41) is 88.5. The second-order valence-electron chi connectivity index (χ2n) is 23.0. The molecule has 5 aliphatic heterocycles. The lowest BCUT2D eigenvalue weighted by Gasteiger charge is -2.70. The van der Waals surface area contributed by atoms with Crippen LogP contribution < -0.4 is 0 Å². The van der Waals surface area contributed by atoms with Crippen LogP contribution in [0.3, 0.4) is 0 Å². The summed E-state index contributed by atoms with van der Waals surface area (Å²) in [6, 6.07) is 0. The molecule has 384 valence electrons. The molecule has 0 radical (unpaired) electrons. The van der Waals surface area contributed by atoms with E-state index in [0.29, 0.717) is 25.6 Å². The van der Waals surface area contributed by atoms with Crippen molar-refractivity contribution in [3.8, 4) is 0 Å². The SMILES string of the molecule is CC(C)=C[C@@H]1CO[C@]23C[C@]4(CO2)[C@@H](CC[C@H]2[C@@]5(C)CC[C@H](O[C@@H]6OC[C@H](O)[C@H](O[C@@H]7O[C@H](COS(=O)(=O)O)[C@@H](O)[C@H](O)[C@H]7O[C@@H]7OC[C@H](O)[C@H](O)[C@H]7O)[C@H]6O)C(C)(C)[C@@H]5CC[C@]24C)[C@@H]3[C@@]1(C)O. The summed E-state index contributed by atoms with van der Waals surface area (Å²) >= 11 is 0. The zero-order valence-corrected chi connectivity index (χ0v) is 40.3. The highest BCUT2D eigenvalue weighted by Crippen LogP contribution is 2.80. The molecule has 24 atom stereocenters. The van der Waals surface area contributed by atoms with Crippen LogP contribution in [0.2, 0.25) is 0 Å². The molecule has 2 spiro atoms. The molecule has 4 saturated carbocycles. The molecule has 0 aromatic rings. The maximum absolute atomic E-state index is 12.4. The minimum atomic E-state index is -5.03. The maximum atomic E-state index is 12.4. The van der Waals surface area contributed by atoms with E-state index in [-0.39, 0.29) is 46.5 Å². The first-order chi connectivity index (χ1) is 31.2. The molecule has 9 aliphatic rings. The summed E-state index contributed by atoms with van der Waals surface area (Å²) in [5.41, 5.74) is -0.566. The molecule has 4 aliphatic carbocycles. The topological polar surface area (TPSA) is 299 Å². The zero-order chi connectivity index (χ0) is 48.6. The van der Waals surface area contributed by atoms with Gasteiger partial charge in [0.2, 0.25) is 0 Å². The molecule has 21 heteroatoms. The Hall–Kier alpha value is -1.03. The van der Waals surface area contributed by atoms with Crippen molar-refractivity contribution < 1.29 is 95.9 Å². The summed E-state index contributed by atoms with van der Waals surface area (Å²) in [4.78, 5) is 0. The van der Waals surface area contributed by atoms with Gasteiger partial charge in [-0.05, 0) is 93.3 Å². The maximum Gasteiger partial charge on any atom is 0.397 e. The zero-order valence-electron chi connectivity index (χ0n) is 39.5. The van der Waals surface area contributed by atoms with Gasteiger partial charge in [0.15, 0.2) is 24.7 Å². The van der Waals surface area contributed by atoms with Crippen LogP contribution in [0.4, 0.5) is 0 Å². The molecular weight excluding hydrogens is 905 g/mol. The normalized spacial score (nSPS) is 54.9. The van der Waals surface area contributed by atoms with Crippen LogP contribution in [-0.4, -0.2) is 184 Å². The fourth-order valence-electron chi connectivity index (χ4n) is 15.6. The lowest BCUT2D eigenvalue weighted by atomic mass is 9.35. The second kappa shape index (κ2) is 17.6. The van der Waals surface area contributed by atoms with E-state index in [4.69, 9.17) is 37.9 Å². The molecule has 0 aromatic heterocycles. The summed E-state index contributed by atoms with van der Waals surface area (Å²) in [7, 11) is -5.03. The quantitative estimate of drug-likeness (QED) is 0.0808. The monoisotopic (exact) mass is 978 g/mol. The summed E-state index contributed by atoms with van der Waals surface area (Å²) < 4.78 is 85.7. The van der Waals surface area contributed by atoms with Crippen LogP contribution in [0.25, 0.3) is 0 Å². The smallest absolute Gasteiger partial charge is 0.389 e. The molecule has 5 saturated heterocycles. The Morgan fingerprint density at radius 3 is 2.07 bits per heavy atom. The van der Waals surface area contributed by atoms with Crippen LogP contribution in [0.5, 0.6) is 0 Å². The van der Waals surface area contributed by atoms with E-state index in [1.54, 1.807) is 0 Å². The summed E-state index contributed by atoms with van der Waals surface area (Å²) in [5.74, 6) is -0.225. The lowest BCUT2D eigenvalue weighted by molar-refractivity contribution is -0.381. The number of aliphatic hydroxyl groups excluding tert-OH is 7. The van der Waals surface area contributed by atoms with Crippen LogP contribution in [-0.2, 0) is 52.5 Å². The predicted molar refractivity (Wildman–Crippen MR) is 229 cm³/mol. The van der Waals surface area contributed by atoms with Crippen LogP contribution in [0.1, 0.15) is 93.4 Å². The van der Waals surface area contributed by atoms with E-state index in [1.165, 1.54) is 0 Å². The van der Waals surface area contributed by atoms with Gasteiger partial charge >= 0.3 is 10.4 Å². The largest absolute Gasteiger partial charge is 0.397 e. The first-order valence-corrected chi connectivity index (χ1v) is 25.5. The minimum Gasteiger partial charge on any atom is -0.389 e. The fourth-order valence-corrected chi connectivity index (χ4v) is 15.9. The Kier molecular flexibility index (Phi) is 13.4. The van der Waals surface area contributed by atoms with Gasteiger partial charge in [-0.1, -0.05) is 39.3 Å². The molecule has 9 fully saturated rings. The average molecular weight is 979 g/mol. The van der Waals surface area contributed by atoms with Crippen molar-refractivity contribution in [1.29, 1.82) is 0 Å². The van der Waals surface area contributed by atoms with Gasteiger partial charge in [0.25, 0.3) is 0 Å². The number of hydrogen-bond donors (Lipinski definition) is 9. The van der Waals surface area contributed by atoms with Gasteiger partial charge < -0.3 is 78.7 Å². The highest BCUT2D eigenvalue weighted by atomic mass is 32.3. The molecule has 9 N–H and O–H groups in total. The summed E-state index contributed by atoms with van der Waals surface area (Å²) in [6.45, 7) is 14.6. The Bertz CT molecular complexity index is 1970. The molecule has 0 amide bonds. The van der Waals surface area contributed by atoms with E-state index < -0.39 is 126 Å². The van der Waals surface area contributed by atoms with Gasteiger partial charge in [0.1, 0.15) is 61.0 Å². The molecule has 0 unspecified atom stereocenters. The Balaban J connectivity index is 0.913. The molecule has 67 heavy (non-hydrogen) atoms. The Morgan fingerprint density at radius 1 is 0.716 bits per heavy atom. The average Bonchev–Trinajstić information content (AvgIpc) is 3.78. The third-order valence-corrected chi connectivity index (χ3v) is 19.3. The van der Waals surface area contributed by atoms with Crippen LogP contribution >= 0.6 is 0 Å². The van der Waals surface area contributed by atoms with E-state index in [2.05, 4.69) is 51.8 Å². The second-order valence-corrected chi connectivity index (χ2v) is 24.1. The number of aliphatic hydroxyl groups is 8. The van der Waals surface area contributed by atoms with E-state index >= 15 is 0 Å². The van der Waals surface area contributed by atoms with Crippen molar-refractivity contribution in [2.24, 2.45) is 51.2 Å². The van der Waals surface area contributed by atoms with E-state index in [0.717, 1.165) is 44.1 Å². The van der Waals surface area contributed by atoms with Crippen LogP contribution in [0.15, 0.2) is 11.6 Å². The van der Waals surface area contributed by atoms with Gasteiger partial charge in [0, 0.05) is 23.7 Å². The van der Waals surface area contributed by atoms with Gasteiger partial charge in [-0.2, -0.15) is 8.42 Å². The van der Waals surface area contributed by atoms with Crippen molar-refractivity contribution in [3.63, 3.8) is 0 Å². The van der Waals surface area contributed by atoms with Gasteiger partial charge in [0.05, 0.1) is 44.7 Å². The van der Waals surface area contributed by atoms with E-state index in [9.17, 15) is 53.8 Å². The standard InChI is InChI=1S/C46H74O20S/c1-21(2)14-22-15-60-46-19-45(20-61-46)23(37(46)44(22,7)54)8-9-28-42(5)12-11-29(41(3,4)27(42)10-13-43(28,45)6)64-39-34(53)35(25(48)17-59-39)65-40-36(66-38-33(52)30(49)24(47)16-58-38)32(51)31(50)26(63-40)18-62-67(55,56)57/h14,22-40,47-54H,8-13,15-20H2,1-7H3,(H,55,56,57)/t22-,23+,24+,25+,26-,27+,28+,29+,30+,31-,32+,33-,34-,35+,36-,37-,38+,39+,40+,42+,43-,44+,45+,46-/m1/s1. The fraction of sp³-hybridized carbons (Fsp3) is 0.957. The van der Waals surface area contributed by atoms with Crippen molar-refractivity contribution in [2.45, 2.75) is 191 Å². The van der Waals surface area contributed by atoms with Crippen LogP contribution in [0, 0.1) is 51.2 Å². The van der Waals surface area contributed by atoms with Gasteiger partial charge in [-0.15, -0.1) is 0 Å². The third-order valence-electron chi connectivity index (χ3n) is 18.8. The van der Waals surface area contributed by atoms with Gasteiger partial charge in [-0.25, -0.2) is 4.18 Å².